The Hall–Kier alpha value is -2.12. The maximum Gasteiger partial charge on any atom is 0.276 e. The van der Waals surface area contributed by atoms with Gasteiger partial charge in [-0.2, -0.15) is 0 Å². The minimum atomic E-state index is -0.365. The third-order valence-electron chi connectivity index (χ3n) is 4.13. The molecule has 132 valence electrons. The molecule has 5 nitrogen and oxygen atoms in total. The third kappa shape index (κ3) is 3.17. The number of thioether (sulfide) groups is 1. The molecule has 1 amide bonds. The first kappa shape index (κ1) is 17.3. The van der Waals surface area contributed by atoms with Crippen molar-refractivity contribution >= 4 is 44.5 Å². The van der Waals surface area contributed by atoms with Crippen molar-refractivity contribution < 1.29 is 4.79 Å². The topological polar surface area (TPSA) is 57.1 Å². The standard InChI is InChI=1S/C19H17BrN4OS/c1-2-11-26-19-22-18(25)16-14-5-3-4-6-15(14)21-17(24(16)23-19)12-7-9-13(20)10-8-12/h3-10,17H,2,11H2,1H3,(H,22,23,25)/t17-/m1/s1. The average Bonchev–Trinajstić information content (AvgIpc) is 2.66. The SMILES string of the molecule is CCCSC1=NN2C(=c3ccccc3=N[C@H]2c2ccc(Br)cc2)C(=O)N1. The molecule has 0 radical (unpaired) electrons. The van der Waals surface area contributed by atoms with Gasteiger partial charge in [0.25, 0.3) is 5.91 Å². The Morgan fingerprint density at radius 3 is 2.73 bits per heavy atom. The van der Waals surface area contributed by atoms with Gasteiger partial charge in [0.05, 0.1) is 5.36 Å². The number of amides is 1. The van der Waals surface area contributed by atoms with Crippen LogP contribution in [-0.2, 0) is 4.79 Å². The molecule has 0 bridgehead atoms. The minimum absolute atomic E-state index is 0.136. The smallest absolute Gasteiger partial charge is 0.276 e. The van der Waals surface area contributed by atoms with Crippen molar-refractivity contribution in [3.05, 3.63) is 69.1 Å². The minimum Gasteiger partial charge on any atom is -0.298 e. The zero-order valence-corrected chi connectivity index (χ0v) is 16.5. The fraction of sp³-hybridized carbons (Fsp3) is 0.211. The summed E-state index contributed by atoms with van der Waals surface area (Å²) in [5.74, 6) is 0.766. The lowest BCUT2D eigenvalue weighted by Gasteiger charge is -2.34. The van der Waals surface area contributed by atoms with Gasteiger partial charge in [0, 0.05) is 15.4 Å². The Labute approximate surface area is 164 Å². The van der Waals surface area contributed by atoms with Gasteiger partial charge >= 0.3 is 0 Å². The van der Waals surface area contributed by atoms with Crippen LogP contribution >= 0.6 is 27.7 Å². The predicted octanol–water partition coefficient (Wildman–Crippen LogP) is 2.74. The molecule has 1 N–H and O–H groups in total. The number of fused-ring (bicyclic) bond motifs is 2. The van der Waals surface area contributed by atoms with Gasteiger partial charge < -0.3 is 0 Å². The highest BCUT2D eigenvalue weighted by Gasteiger charge is 2.34. The van der Waals surface area contributed by atoms with E-state index in [2.05, 4.69) is 28.2 Å². The molecule has 26 heavy (non-hydrogen) atoms. The molecule has 2 aromatic rings. The van der Waals surface area contributed by atoms with Crippen molar-refractivity contribution in [2.24, 2.45) is 10.1 Å². The van der Waals surface area contributed by atoms with Crippen LogP contribution in [0.1, 0.15) is 25.1 Å². The van der Waals surface area contributed by atoms with E-state index in [1.807, 2.05) is 48.5 Å². The van der Waals surface area contributed by atoms with Crippen LogP contribution < -0.4 is 15.9 Å². The highest BCUT2D eigenvalue weighted by molar-refractivity contribution is 9.10. The Morgan fingerprint density at radius 1 is 1.19 bits per heavy atom. The van der Waals surface area contributed by atoms with Crippen LogP contribution in [0, 0.1) is 0 Å². The first-order valence-electron chi connectivity index (χ1n) is 8.42. The quantitative estimate of drug-likeness (QED) is 0.817. The zero-order valence-electron chi connectivity index (χ0n) is 14.1. The number of nitrogens with zero attached hydrogens (tertiary/aromatic N) is 3. The molecule has 2 aliphatic heterocycles. The number of hydrazone groups is 1. The van der Waals surface area contributed by atoms with E-state index in [0.29, 0.717) is 10.9 Å². The van der Waals surface area contributed by atoms with Crippen molar-refractivity contribution in [1.29, 1.82) is 0 Å². The van der Waals surface area contributed by atoms with E-state index in [1.165, 1.54) is 0 Å². The van der Waals surface area contributed by atoms with Crippen LogP contribution in [-0.4, -0.2) is 21.8 Å². The Kier molecular flexibility index (Phi) is 4.82. The summed E-state index contributed by atoms with van der Waals surface area (Å²) in [5.41, 5.74) is 1.53. The molecule has 2 aromatic carbocycles. The van der Waals surface area contributed by atoms with Crippen molar-refractivity contribution in [1.82, 2.24) is 10.3 Å². The maximum atomic E-state index is 12.9. The number of halogens is 1. The average molecular weight is 429 g/mol. The van der Waals surface area contributed by atoms with Crippen LogP contribution in [0.4, 0.5) is 0 Å². The van der Waals surface area contributed by atoms with Crippen molar-refractivity contribution in [2.75, 3.05) is 5.75 Å². The second-order valence-corrected chi connectivity index (χ2v) is 7.97. The van der Waals surface area contributed by atoms with E-state index >= 15 is 0 Å². The molecule has 0 aliphatic carbocycles. The van der Waals surface area contributed by atoms with Gasteiger partial charge in [0.2, 0.25) is 0 Å². The van der Waals surface area contributed by atoms with Crippen LogP contribution in [0.15, 0.2) is 63.1 Å². The van der Waals surface area contributed by atoms with E-state index in [4.69, 9.17) is 10.1 Å². The molecule has 0 saturated heterocycles. The highest BCUT2D eigenvalue weighted by Crippen LogP contribution is 2.31. The number of para-hydroxylation sites is 1. The number of carbonyl (C=O) groups excluding carboxylic acids is 1. The lowest BCUT2D eigenvalue weighted by molar-refractivity contribution is -0.116. The van der Waals surface area contributed by atoms with E-state index < -0.39 is 0 Å². The fourth-order valence-corrected chi connectivity index (χ4v) is 3.92. The van der Waals surface area contributed by atoms with Crippen molar-refractivity contribution in [3.63, 3.8) is 0 Å². The van der Waals surface area contributed by atoms with Gasteiger partial charge in [-0.15, -0.1) is 5.10 Å². The molecular formula is C19H17BrN4OS. The summed E-state index contributed by atoms with van der Waals surface area (Å²) in [5, 5.41) is 11.6. The van der Waals surface area contributed by atoms with Gasteiger partial charge in [-0.05, 0) is 30.2 Å². The molecular weight excluding hydrogens is 412 g/mol. The lowest BCUT2D eigenvalue weighted by Crippen LogP contribution is -2.50. The summed E-state index contributed by atoms with van der Waals surface area (Å²) in [6.07, 6.45) is 0.649. The lowest BCUT2D eigenvalue weighted by atomic mass is 10.1. The molecule has 1 atom stereocenters. The molecule has 0 unspecified atom stereocenters. The number of hydrogen-bond donors (Lipinski definition) is 1. The van der Waals surface area contributed by atoms with Crippen molar-refractivity contribution in [3.8, 4) is 0 Å². The number of carbonyl (C=O) groups is 1. The normalized spacial score (nSPS) is 18.5. The predicted molar refractivity (Wildman–Crippen MR) is 108 cm³/mol. The Morgan fingerprint density at radius 2 is 1.96 bits per heavy atom. The number of rotatable bonds is 3. The summed E-state index contributed by atoms with van der Waals surface area (Å²) in [7, 11) is 0. The maximum absolute atomic E-state index is 12.9. The number of benzene rings is 2. The summed E-state index contributed by atoms with van der Waals surface area (Å²) < 4.78 is 1.00. The molecule has 0 aromatic heterocycles. The van der Waals surface area contributed by atoms with Gasteiger partial charge in [-0.1, -0.05) is 64.9 Å². The molecule has 2 aliphatic rings. The van der Waals surface area contributed by atoms with Crippen molar-refractivity contribution in [2.45, 2.75) is 19.5 Å². The van der Waals surface area contributed by atoms with Crippen LogP contribution in [0.2, 0.25) is 0 Å². The number of nitrogens with one attached hydrogen (secondary N) is 1. The van der Waals surface area contributed by atoms with Gasteiger partial charge in [-0.25, -0.2) is 5.01 Å². The van der Waals surface area contributed by atoms with Crippen LogP contribution in [0.5, 0.6) is 0 Å². The summed E-state index contributed by atoms with van der Waals surface area (Å²) in [6, 6.07) is 15.7. The monoisotopic (exact) mass is 428 g/mol. The number of hydrogen-bond acceptors (Lipinski definition) is 5. The molecule has 2 heterocycles. The Bertz CT molecular complexity index is 1000. The second kappa shape index (κ2) is 7.25. The summed E-state index contributed by atoms with van der Waals surface area (Å²) in [6.45, 7) is 2.10. The molecule has 4 rings (SSSR count). The Balaban J connectivity index is 1.89. The first-order chi connectivity index (χ1) is 12.7. The van der Waals surface area contributed by atoms with E-state index in [-0.39, 0.29) is 12.1 Å². The summed E-state index contributed by atoms with van der Waals surface area (Å²) >= 11 is 5.02. The largest absolute Gasteiger partial charge is 0.298 e. The van der Waals surface area contributed by atoms with E-state index in [9.17, 15) is 4.79 Å². The molecule has 0 saturated carbocycles. The highest BCUT2D eigenvalue weighted by atomic mass is 79.9. The number of amidine groups is 1. The molecule has 7 heteroatoms. The molecule has 0 spiro atoms. The van der Waals surface area contributed by atoms with Crippen LogP contribution in [0.3, 0.4) is 0 Å². The van der Waals surface area contributed by atoms with Gasteiger partial charge in [0.1, 0.15) is 5.70 Å². The second-order valence-electron chi connectivity index (χ2n) is 5.97. The van der Waals surface area contributed by atoms with Gasteiger partial charge in [-0.3, -0.25) is 15.1 Å². The van der Waals surface area contributed by atoms with Gasteiger partial charge in [0.15, 0.2) is 11.3 Å². The zero-order chi connectivity index (χ0) is 18.1. The third-order valence-corrected chi connectivity index (χ3v) is 5.72. The van der Waals surface area contributed by atoms with E-state index in [0.717, 1.165) is 32.8 Å². The summed E-state index contributed by atoms with van der Waals surface area (Å²) in [4.78, 5) is 17.7. The fourth-order valence-electron chi connectivity index (χ4n) is 2.94. The van der Waals surface area contributed by atoms with E-state index in [1.54, 1.807) is 16.8 Å². The molecule has 0 fully saturated rings. The van der Waals surface area contributed by atoms with Crippen LogP contribution in [0.25, 0.3) is 5.70 Å². The first-order valence-corrected chi connectivity index (χ1v) is 10.2.